The van der Waals surface area contributed by atoms with Crippen molar-refractivity contribution in [3.8, 4) is 16.2 Å². The molecular formula is C30H29FN2O6S2. The first-order chi connectivity index (χ1) is 19.6. The second kappa shape index (κ2) is 10.7. The number of nitrogens with one attached hydrogen (secondary N) is 1. The molecule has 214 valence electrons. The minimum Gasteiger partial charge on any atom is -0.494 e. The maximum Gasteiger partial charge on any atom is 0.359 e. The number of ether oxygens (including phenoxy) is 1. The number of nitrogens with zero attached hydrogens (tertiary/aromatic N) is 1. The average Bonchev–Trinajstić information content (AvgIpc) is 3.68. The molecule has 1 N–H and O–H groups in total. The molecule has 0 spiro atoms. The van der Waals surface area contributed by atoms with Crippen molar-refractivity contribution >= 4 is 38.3 Å². The number of hydrogen-bond acceptors (Lipinski definition) is 8. The van der Waals surface area contributed by atoms with Crippen LogP contribution in [0.25, 0.3) is 21.3 Å². The maximum atomic E-state index is 13.4. The molecule has 1 atom stereocenters. The van der Waals surface area contributed by atoms with Gasteiger partial charge in [-0.2, -0.15) is 8.42 Å². The number of carbonyl (C=O) groups is 1. The highest BCUT2D eigenvalue weighted by Gasteiger charge is 2.31. The van der Waals surface area contributed by atoms with Crippen molar-refractivity contribution in [3.05, 3.63) is 86.3 Å². The van der Waals surface area contributed by atoms with Crippen LogP contribution in [-0.4, -0.2) is 32.3 Å². The molecule has 2 aliphatic carbocycles. The molecule has 2 aromatic carbocycles. The van der Waals surface area contributed by atoms with E-state index in [1.165, 1.54) is 28.8 Å². The Morgan fingerprint density at radius 1 is 1.15 bits per heavy atom. The van der Waals surface area contributed by atoms with Gasteiger partial charge in [0.2, 0.25) is 5.43 Å². The summed E-state index contributed by atoms with van der Waals surface area (Å²) >= 11 is 1.69. The summed E-state index contributed by atoms with van der Waals surface area (Å²) in [7, 11) is -2.52. The second-order valence-corrected chi connectivity index (χ2v) is 13.2. The molecule has 2 heterocycles. The van der Waals surface area contributed by atoms with Gasteiger partial charge in [0.25, 0.3) is 0 Å². The largest absolute Gasteiger partial charge is 0.494 e. The van der Waals surface area contributed by atoms with Gasteiger partial charge in [0.05, 0.1) is 24.3 Å². The summed E-state index contributed by atoms with van der Waals surface area (Å²) in [4.78, 5) is 28.3. The molecule has 11 heteroatoms. The monoisotopic (exact) mass is 596 g/mol. The van der Waals surface area contributed by atoms with E-state index in [9.17, 15) is 22.4 Å². The third kappa shape index (κ3) is 5.53. The van der Waals surface area contributed by atoms with Crippen molar-refractivity contribution in [2.45, 2.75) is 50.7 Å². The van der Waals surface area contributed by atoms with Crippen LogP contribution >= 0.6 is 11.3 Å². The predicted octanol–water partition coefficient (Wildman–Crippen LogP) is 5.50. The smallest absolute Gasteiger partial charge is 0.359 e. The fraction of sp³-hybridized carbons (Fsp3) is 0.333. The zero-order valence-corrected chi connectivity index (χ0v) is 24.2. The summed E-state index contributed by atoms with van der Waals surface area (Å²) in [6.45, 7) is 0.634. The highest BCUT2D eigenvalue weighted by molar-refractivity contribution is 7.86. The van der Waals surface area contributed by atoms with E-state index in [0.29, 0.717) is 17.8 Å². The van der Waals surface area contributed by atoms with Crippen LogP contribution in [0.5, 0.6) is 5.75 Å². The van der Waals surface area contributed by atoms with Crippen molar-refractivity contribution in [3.63, 3.8) is 0 Å². The summed E-state index contributed by atoms with van der Waals surface area (Å²) in [6.07, 6.45) is 6.90. The van der Waals surface area contributed by atoms with Gasteiger partial charge in [0.15, 0.2) is 5.75 Å². The number of pyridine rings is 1. The average molecular weight is 597 g/mol. The van der Waals surface area contributed by atoms with Crippen molar-refractivity contribution in [1.29, 1.82) is 0 Å². The van der Waals surface area contributed by atoms with Crippen LogP contribution in [0.2, 0.25) is 0 Å². The van der Waals surface area contributed by atoms with Gasteiger partial charge in [-0.1, -0.05) is 12.1 Å². The summed E-state index contributed by atoms with van der Waals surface area (Å²) < 4.78 is 48.8. The van der Waals surface area contributed by atoms with Crippen LogP contribution in [0.3, 0.4) is 0 Å². The molecule has 6 rings (SSSR count). The second-order valence-electron chi connectivity index (χ2n) is 10.6. The molecule has 0 saturated heterocycles. The molecule has 2 aromatic heterocycles. The normalized spacial score (nSPS) is 16.9. The lowest BCUT2D eigenvalue weighted by molar-refractivity contribution is 0.0746. The number of aryl methyl sites for hydroxylation is 1. The molecule has 1 fully saturated rings. The highest BCUT2D eigenvalue weighted by Crippen LogP contribution is 2.46. The summed E-state index contributed by atoms with van der Waals surface area (Å²) in [5, 5.41) is 3.90. The first-order valence-electron chi connectivity index (χ1n) is 13.4. The Kier molecular flexibility index (Phi) is 7.21. The molecule has 8 nitrogen and oxygen atoms in total. The highest BCUT2D eigenvalue weighted by atomic mass is 32.2. The summed E-state index contributed by atoms with van der Waals surface area (Å²) in [6, 6.07) is 12.4. The third-order valence-corrected chi connectivity index (χ3v) is 9.35. The number of carbonyl (C=O) groups excluding carboxylic acids is 1. The van der Waals surface area contributed by atoms with E-state index in [4.69, 9.17) is 4.74 Å². The number of aromatic nitrogens is 1. The number of fused-ring (bicyclic) bond motifs is 2. The standard InChI is InChI=1S/C30H29FN2O6S2/c1-38-28-21(25-14-18-4-3-5-24(29(18)40-25)32-15-17-6-8-19(31)9-7-17)12-13-22-26(28)33(20-10-11-20)16-23(27(22)34)30(35)39-41(2,36)37/h6-9,12-14,16,20,24,32H,3-5,10-11,15H2,1-2H3. The minimum absolute atomic E-state index is 0.0589. The molecule has 0 amide bonds. The summed E-state index contributed by atoms with van der Waals surface area (Å²) in [5.41, 5.74) is 2.78. The zero-order valence-electron chi connectivity index (χ0n) is 22.6. The molecule has 1 unspecified atom stereocenters. The van der Waals surface area contributed by atoms with E-state index in [1.54, 1.807) is 36.6 Å². The van der Waals surface area contributed by atoms with Gasteiger partial charge in [0, 0.05) is 40.1 Å². The number of methoxy groups -OCH3 is 1. The first kappa shape index (κ1) is 27.6. The van der Waals surface area contributed by atoms with Crippen LogP contribution in [0, 0.1) is 5.82 Å². The Hall–Kier alpha value is -3.54. The van der Waals surface area contributed by atoms with Gasteiger partial charge in [0.1, 0.15) is 11.4 Å². The van der Waals surface area contributed by atoms with Crippen molar-refractivity contribution < 1.29 is 26.5 Å². The molecule has 2 aliphatic rings. The molecule has 0 bridgehead atoms. The Balaban J connectivity index is 1.40. The number of halogens is 1. The number of rotatable bonds is 8. The van der Waals surface area contributed by atoms with Crippen molar-refractivity contribution in [2.75, 3.05) is 13.4 Å². The molecule has 4 aromatic rings. The van der Waals surface area contributed by atoms with E-state index in [-0.39, 0.29) is 28.9 Å². The van der Waals surface area contributed by atoms with Crippen molar-refractivity contribution in [1.82, 2.24) is 9.88 Å². The molecule has 0 aliphatic heterocycles. The van der Waals surface area contributed by atoms with Gasteiger partial charge in [-0.15, -0.1) is 11.3 Å². The Bertz CT molecular complexity index is 1820. The lowest BCUT2D eigenvalue weighted by atomic mass is 9.94. The Morgan fingerprint density at radius 2 is 1.90 bits per heavy atom. The Morgan fingerprint density at radius 3 is 2.59 bits per heavy atom. The van der Waals surface area contributed by atoms with Gasteiger partial charge < -0.3 is 18.8 Å². The van der Waals surface area contributed by atoms with Crippen LogP contribution in [-0.2, 0) is 27.3 Å². The SMILES string of the molecule is COc1c(-c2cc3c(s2)C(NCc2ccc(F)cc2)CCC3)ccc2c(=O)c(C(=O)OS(C)(=O)=O)cn(C3CC3)c12. The van der Waals surface area contributed by atoms with Gasteiger partial charge in [-0.25, -0.2) is 9.18 Å². The number of thiophene rings is 1. The molecule has 1 saturated carbocycles. The van der Waals surface area contributed by atoms with Gasteiger partial charge in [-0.05, 0) is 73.6 Å². The maximum absolute atomic E-state index is 13.4. The predicted molar refractivity (Wildman–Crippen MR) is 156 cm³/mol. The number of hydrogen-bond donors (Lipinski definition) is 1. The fourth-order valence-corrected chi connectivity index (χ4v) is 7.23. The molecule has 0 radical (unpaired) electrons. The van der Waals surface area contributed by atoms with Gasteiger partial charge >= 0.3 is 16.1 Å². The minimum atomic E-state index is -4.08. The van der Waals surface area contributed by atoms with Crippen molar-refractivity contribution in [2.24, 2.45) is 0 Å². The van der Waals surface area contributed by atoms with E-state index < -0.39 is 21.5 Å². The Labute approximate surface area is 240 Å². The zero-order chi connectivity index (χ0) is 28.9. The van der Waals surface area contributed by atoms with E-state index in [0.717, 1.165) is 54.4 Å². The van der Waals surface area contributed by atoms with E-state index in [2.05, 4.69) is 15.6 Å². The van der Waals surface area contributed by atoms with Crippen LogP contribution in [0.4, 0.5) is 4.39 Å². The quantitative estimate of drug-likeness (QED) is 0.268. The lowest BCUT2D eigenvalue weighted by Crippen LogP contribution is -2.23. The summed E-state index contributed by atoms with van der Waals surface area (Å²) in [5.74, 6) is -0.913. The fourth-order valence-electron chi connectivity index (χ4n) is 5.52. The van der Waals surface area contributed by atoms with Gasteiger partial charge in [-0.3, -0.25) is 4.79 Å². The first-order valence-corrected chi connectivity index (χ1v) is 16.1. The lowest BCUT2D eigenvalue weighted by Gasteiger charge is -2.23. The van der Waals surface area contributed by atoms with Crippen LogP contribution in [0.15, 0.2) is 53.5 Å². The van der Waals surface area contributed by atoms with Crippen LogP contribution < -0.4 is 15.5 Å². The molecular weight excluding hydrogens is 567 g/mol. The number of benzene rings is 2. The topological polar surface area (TPSA) is 104 Å². The third-order valence-electron chi connectivity index (χ3n) is 7.57. The van der Waals surface area contributed by atoms with Crippen LogP contribution in [0.1, 0.15) is 64.1 Å². The van der Waals surface area contributed by atoms with E-state index >= 15 is 0 Å². The molecule has 41 heavy (non-hydrogen) atoms. The van der Waals surface area contributed by atoms with E-state index in [1.807, 2.05) is 10.6 Å².